The molecule has 0 radical (unpaired) electrons. The van der Waals surface area contributed by atoms with Crippen LogP contribution < -0.4 is 10.6 Å². The molecule has 0 aliphatic heterocycles. The Labute approximate surface area is 103 Å². The summed E-state index contributed by atoms with van der Waals surface area (Å²) >= 11 is 0. The van der Waals surface area contributed by atoms with Crippen molar-refractivity contribution in [1.29, 1.82) is 0 Å². The van der Waals surface area contributed by atoms with Crippen LogP contribution in [0.1, 0.15) is 34.1 Å². The molecule has 0 bridgehead atoms. The molecular formula is C12H24N2O3. The molecule has 1 amide bonds. The molecule has 0 aromatic carbocycles. The predicted molar refractivity (Wildman–Crippen MR) is 66.9 cm³/mol. The number of amides is 1. The number of ether oxygens (including phenoxy) is 1. The van der Waals surface area contributed by atoms with Crippen molar-refractivity contribution in [2.75, 3.05) is 26.3 Å². The molecule has 100 valence electrons. The van der Waals surface area contributed by atoms with Crippen LogP contribution in [-0.2, 0) is 14.3 Å². The van der Waals surface area contributed by atoms with Gasteiger partial charge in [0.25, 0.3) is 0 Å². The Morgan fingerprint density at radius 1 is 1.24 bits per heavy atom. The summed E-state index contributed by atoms with van der Waals surface area (Å²) in [4.78, 5) is 22.7. The van der Waals surface area contributed by atoms with Crippen LogP contribution in [0.5, 0.6) is 0 Å². The van der Waals surface area contributed by atoms with Crippen molar-refractivity contribution in [3.63, 3.8) is 0 Å². The Morgan fingerprint density at radius 3 is 2.41 bits per heavy atom. The van der Waals surface area contributed by atoms with Gasteiger partial charge in [-0.2, -0.15) is 0 Å². The highest BCUT2D eigenvalue weighted by Crippen LogP contribution is 2.03. The highest BCUT2D eigenvalue weighted by Gasteiger charge is 2.25. The van der Waals surface area contributed by atoms with Gasteiger partial charge >= 0.3 is 0 Å². The number of hydrogen-bond acceptors (Lipinski definition) is 4. The van der Waals surface area contributed by atoms with E-state index in [1.54, 1.807) is 13.8 Å². The fourth-order valence-electron chi connectivity index (χ4n) is 1.09. The summed E-state index contributed by atoms with van der Waals surface area (Å²) in [5, 5.41) is 5.79. The molecule has 0 saturated carbocycles. The van der Waals surface area contributed by atoms with E-state index in [0.29, 0.717) is 13.2 Å². The first-order valence-corrected chi connectivity index (χ1v) is 6.00. The lowest BCUT2D eigenvalue weighted by Crippen LogP contribution is -2.48. The SMILES string of the molecule is CCNCCOCCC(=O)NC(C)(C)C(C)=O. The number of Topliss-reactive ketones (excluding diaryl/α,β-unsaturated/α-hetero) is 1. The quantitative estimate of drug-likeness (QED) is 0.579. The average Bonchev–Trinajstić information content (AvgIpc) is 2.22. The van der Waals surface area contributed by atoms with Crippen molar-refractivity contribution in [2.24, 2.45) is 0 Å². The molecule has 0 atom stereocenters. The summed E-state index contributed by atoms with van der Waals surface area (Å²) in [5.41, 5.74) is -0.791. The topological polar surface area (TPSA) is 67.4 Å². The maximum Gasteiger partial charge on any atom is 0.223 e. The highest BCUT2D eigenvalue weighted by atomic mass is 16.5. The number of carbonyl (C=O) groups is 2. The number of ketones is 1. The summed E-state index contributed by atoms with van der Waals surface area (Å²) in [6.07, 6.45) is 0.281. The molecule has 17 heavy (non-hydrogen) atoms. The Morgan fingerprint density at radius 2 is 1.88 bits per heavy atom. The molecular weight excluding hydrogens is 220 g/mol. The molecule has 0 saturated heterocycles. The molecule has 0 fully saturated rings. The third-order valence-corrected chi connectivity index (χ3v) is 2.48. The Balaban J connectivity index is 3.63. The monoisotopic (exact) mass is 244 g/mol. The van der Waals surface area contributed by atoms with Crippen molar-refractivity contribution < 1.29 is 14.3 Å². The van der Waals surface area contributed by atoms with E-state index in [2.05, 4.69) is 10.6 Å². The van der Waals surface area contributed by atoms with Crippen LogP contribution in [0.4, 0.5) is 0 Å². The van der Waals surface area contributed by atoms with Gasteiger partial charge in [0.1, 0.15) is 0 Å². The molecule has 2 N–H and O–H groups in total. The van der Waals surface area contributed by atoms with E-state index < -0.39 is 5.54 Å². The summed E-state index contributed by atoms with van der Waals surface area (Å²) in [7, 11) is 0. The lowest BCUT2D eigenvalue weighted by molar-refractivity contribution is -0.130. The van der Waals surface area contributed by atoms with Gasteiger partial charge in [-0.25, -0.2) is 0 Å². The molecule has 5 heteroatoms. The third-order valence-electron chi connectivity index (χ3n) is 2.48. The summed E-state index contributed by atoms with van der Waals surface area (Å²) in [6.45, 7) is 9.55. The number of nitrogens with one attached hydrogen (secondary N) is 2. The van der Waals surface area contributed by atoms with Gasteiger partial charge in [0.2, 0.25) is 5.91 Å². The normalized spacial score (nSPS) is 11.3. The zero-order chi connectivity index (χ0) is 13.3. The lowest BCUT2D eigenvalue weighted by Gasteiger charge is -2.22. The molecule has 0 unspecified atom stereocenters. The minimum absolute atomic E-state index is 0.0566. The maximum atomic E-state index is 11.5. The second-order valence-corrected chi connectivity index (χ2v) is 4.45. The fourth-order valence-corrected chi connectivity index (χ4v) is 1.09. The van der Waals surface area contributed by atoms with Gasteiger partial charge < -0.3 is 15.4 Å². The van der Waals surface area contributed by atoms with E-state index in [1.807, 2.05) is 6.92 Å². The van der Waals surface area contributed by atoms with Gasteiger partial charge in [-0.3, -0.25) is 9.59 Å². The summed E-state index contributed by atoms with van der Waals surface area (Å²) in [6, 6.07) is 0. The van der Waals surface area contributed by atoms with Crippen molar-refractivity contribution in [2.45, 2.75) is 39.7 Å². The van der Waals surface area contributed by atoms with Crippen molar-refractivity contribution >= 4 is 11.7 Å². The van der Waals surface area contributed by atoms with Crippen molar-refractivity contribution in [3.8, 4) is 0 Å². The van der Waals surface area contributed by atoms with Gasteiger partial charge in [0.15, 0.2) is 5.78 Å². The average molecular weight is 244 g/mol. The Bertz CT molecular complexity index is 252. The predicted octanol–water partition coefficient (Wildman–Crippen LogP) is 0.486. The van der Waals surface area contributed by atoms with E-state index in [9.17, 15) is 9.59 Å². The first-order valence-electron chi connectivity index (χ1n) is 6.00. The van der Waals surface area contributed by atoms with Gasteiger partial charge in [-0.15, -0.1) is 0 Å². The molecule has 0 rings (SSSR count). The molecule has 0 aliphatic carbocycles. The second-order valence-electron chi connectivity index (χ2n) is 4.45. The van der Waals surface area contributed by atoms with Crippen LogP contribution in [0.2, 0.25) is 0 Å². The molecule has 0 aliphatic rings. The zero-order valence-electron chi connectivity index (χ0n) is 11.3. The molecule has 0 heterocycles. The van der Waals surface area contributed by atoms with Gasteiger partial charge in [-0.05, 0) is 27.3 Å². The van der Waals surface area contributed by atoms with Gasteiger partial charge in [0, 0.05) is 13.0 Å². The Kier molecular flexibility index (Phi) is 7.74. The maximum absolute atomic E-state index is 11.5. The first-order chi connectivity index (χ1) is 7.90. The zero-order valence-corrected chi connectivity index (χ0v) is 11.3. The summed E-state index contributed by atoms with van der Waals surface area (Å²) < 4.78 is 5.27. The molecule has 0 aromatic rings. The molecule has 0 spiro atoms. The highest BCUT2D eigenvalue weighted by molar-refractivity contribution is 5.90. The minimum atomic E-state index is -0.791. The minimum Gasteiger partial charge on any atom is -0.380 e. The number of rotatable bonds is 9. The second kappa shape index (κ2) is 8.20. The largest absolute Gasteiger partial charge is 0.380 e. The van der Waals surface area contributed by atoms with Gasteiger partial charge in [-0.1, -0.05) is 6.92 Å². The van der Waals surface area contributed by atoms with E-state index in [4.69, 9.17) is 4.74 Å². The van der Waals surface area contributed by atoms with Crippen molar-refractivity contribution in [3.05, 3.63) is 0 Å². The van der Waals surface area contributed by atoms with Gasteiger partial charge in [0.05, 0.1) is 18.8 Å². The van der Waals surface area contributed by atoms with Crippen LogP contribution in [0.25, 0.3) is 0 Å². The third kappa shape index (κ3) is 7.88. The first kappa shape index (κ1) is 16.1. The lowest BCUT2D eigenvalue weighted by atomic mass is 10.0. The summed E-state index contributed by atoms with van der Waals surface area (Å²) in [5.74, 6) is -0.215. The standard InChI is InChI=1S/C12H24N2O3/c1-5-13-7-9-17-8-6-11(16)14-12(3,4)10(2)15/h13H,5-9H2,1-4H3,(H,14,16). The van der Waals surface area contributed by atoms with Crippen LogP contribution >= 0.6 is 0 Å². The fraction of sp³-hybridized carbons (Fsp3) is 0.833. The van der Waals surface area contributed by atoms with E-state index >= 15 is 0 Å². The van der Waals surface area contributed by atoms with Crippen LogP contribution in [0.3, 0.4) is 0 Å². The van der Waals surface area contributed by atoms with Crippen LogP contribution in [0.15, 0.2) is 0 Å². The number of carbonyl (C=O) groups excluding carboxylic acids is 2. The smallest absolute Gasteiger partial charge is 0.223 e. The van der Waals surface area contributed by atoms with Crippen LogP contribution in [0, 0.1) is 0 Å². The number of likely N-dealkylation sites (N-methyl/N-ethyl adjacent to an activating group) is 1. The van der Waals surface area contributed by atoms with Crippen LogP contribution in [-0.4, -0.2) is 43.5 Å². The van der Waals surface area contributed by atoms with E-state index in [-0.39, 0.29) is 18.1 Å². The van der Waals surface area contributed by atoms with E-state index in [1.165, 1.54) is 6.92 Å². The molecule has 0 aromatic heterocycles. The molecule has 5 nitrogen and oxygen atoms in total. The number of hydrogen-bond donors (Lipinski definition) is 2. The van der Waals surface area contributed by atoms with E-state index in [0.717, 1.165) is 13.1 Å². The van der Waals surface area contributed by atoms with Crippen molar-refractivity contribution in [1.82, 2.24) is 10.6 Å². The Hall–Kier alpha value is -0.940.